The minimum absolute atomic E-state index is 0.767. The van der Waals surface area contributed by atoms with Crippen LogP contribution >= 0.6 is 11.8 Å². The summed E-state index contributed by atoms with van der Waals surface area (Å²) in [6, 6.07) is 11.5. The van der Waals surface area contributed by atoms with E-state index in [1.54, 1.807) is 0 Å². The fourth-order valence-electron chi connectivity index (χ4n) is 3.14. The van der Waals surface area contributed by atoms with Crippen LogP contribution in [0, 0.1) is 5.92 Å². The van der Waals surface area contributed by atoms with E-state index in [4.69, 9.17) is 0 Å². The largest absolute Gasteiger partial charge is 0.314 e. The van der Waals surface area contributed by atoms with Crippen molar-refractivity contribution in [3.8, 4) is 0 Å². The highest BCUT2D eigenvalue weighted by Gasteiger charge is 2.23. The minimum atomic E-state index is 0.767. The van der Waals surface area contributed by atoms with Crippen LogP contribution in [0.4, 0.5) is 0 Å². The van der Waals surface area contributed by atoms with E-state index in [1.165, 1.54) is 49.2 Å². The Morgan fingerprint density at radius 2 is 1.95 bits per heavy atom. The molecule has 106 valence electrons. The van der Waals surface area contributed by atoms with E-state index in [0.29, 0.717) is 0 Å². The number of hydrogen-bond donors (Lipinski definition) is 1. The van der Waals surface area contributed by atoms with E-state index < -0.39 is 0 Å². The summed E-state index contributed by atoms with van der Waals surface area (Å²) in [5, 5.41) is 3.71. The van der Waals surface area contributed by atoms with Gasteiger partial charge in [-0.15, -0.1) is 11.8 Å². The summed E-state index contributed by atoms with van der Waals surface area (Å²) in [6.45, 7) is 3.35. The SMILES string of the molecule is CCNC(CCCSc1ccccc1)C1CCCC1. The molecule has 1 fully saturated rings. The Hall–Kier alpha value is -0.470. The van der Waals surface area contributed by atoms with Crippen LogP contribution in [0.25, 0.3) is 0 Å². The third-order valence-corrected chi connectivity index (χ3v) is 5.20. The van der Waals surface area contributed by atoms with Crippen molar-refractivity contribution in [1.29, 1.82) is 0 Å². The molecule has 1 aliphatic carbocycles. The van der Waals surface area contributed by atoms with Crippen LogP contribution in [-0.4, -0.2) is 18.3 Å². The molecule has 1 atom stereocenters. The van der Waals surface area contributed by atoms with Gasteiger partial charge in [-0.3, -0.25) is 0 Å². The highest BCUT2D eigenvalue weighted by atomic mass is 32.2. The second-order valence-corrected chi connectivity index (χ2v) is 6.68. The van der Waals surface area contributed by atoms with Crippen molar-refractivity contribution in [3.05, 3.63) is 30.3 Å². The Balaban J connectivity index is 1.67. The Morgan fingerprint density at radius 1 is 1.21 bits per heavy atom. The van der Waals surface area contributed by atoms with Gasteiger partial charge in [0.2, 0.25) is 0 Å². The van der Waals surface area contributed by atoms with Gasteiger partial charge >= 0.3 is 0 Å². The van der Waals surface area contributed by atoms with E-state index in [9.17, 15) is 0 Å². The van der Waals surface area contributed by atoms with Gasteiger partial charge in [-0.1, -0.05) is 38.0 Å². The first-order valence-corrected chi connectivity index (χ1v) is 8.80. The molecule has 19 heavy (non-hydrogen) atoms. The summed E-state index contributed by atoms with van der Waals surface area (Å²) in [7, 11) is 0. The maximum Gasteiger partial charge on any atom is 0.00955 e. The first-order chi connectivity index (χ1) is 9.40. The number of thioether (sulfide) groups is 1. The normalized spacial score (nSPS) is 17.7. The fraction of sp³-hybridized carbons (Fsp3) is 0.647. The summed E-state index contributed by atoms with van der Waals surface area (Å²) in [6.07, 6.45) is 8.47. The van der Waals surface area contributed by atoms with Gasteiger partial charge in [0.05, 0.1) is 0 Å². The number of hydrogen-bond acceptors (Lipinski definition) is 2. The molecular formula is C17H27NS. The predicted octanol–water partition coefficient (Wildman–Crippen LogP) is 4.73. The van der Waals surface area contributed by atoms with Crippen molar-refractivity contribution in [1.82, 2.24) is 5.32 Å². The molecule has 0 radical (unpaired) electrons. The van der Waals surface area contributed by atoms with Crippen molar-refractivity contribution in [2.75, 3.05) is 12.3 Å². The lowest BCUT2D eigenvalue weighted by atomic mass is 9.94. The van der Waals surface area contributed by atoms with Gasteiger partial charge in [0.15, 0.2) is 0 Å². The standard InChI is InChI=1S/C17H27NS/c1-2-18-17(15-9-6-7-10-15)13-8-14-19-16-11-4-3-5-12-16/h3-5,11-12,15,17-18H,2,6-10,13-14H2,1H3. The van der Waals surface area contributed by atoms with Gasteiger partial charge in [-0.05, 0) is 56.0 Å². The molecule has 0 saturated heterocycles. The molecule has 1 N–H and O–H groups in total. The Kier molecular flexibility index (Phi) is 6.80. The summed E-state index contributed by atoms with van der Waals surface area (Å²) in [5.41, 5.74) is 0. The van der Waals surface area contributed by atoms with Gasteiger partial charge in [-0.25, -0.2) is 0 Å². The molecule has 1 aromatic rings. The van der Waals surface area contributed by atoms with E-state index in [2.05, 4.69) is 42.6 Å². The van der Waals surface area contributed by atoms with Gasteiger partial charge in [-0.2, -0.15) is 0 Å². The monoisotopic (exact) mass is 277 g/mol. The van der Waals surface area contributed by atoms with Crippen molar-refractivity contribution in [2.45, 2.75) is 56.4 Å². The molecule has 0 aliphatic heterocycles. The smallest absolute Gasteiger partial charge is 0.00955 e. The van der Waals surface area contributed by atoms with Gasteiger partial charge in [0, 0.05) is 10.9 Å². The van der Waals surface area contributed by atoms with Crippen molar-refractivity contribution in [2.24, 2.45) is 5.92 Å². The zero-order chi connectivity index (χ0) is 13.3. The van der Waals surface area contributed by atoms with Crippen LogP contribution in [-0.2, 0) is 0 Å². The van der Waals surface area contributed by atoms with E-state index in [1.807, 2.05) is 11.8 Å². The molecule has 0 spiro atoms. The van der Waals surface area contributed by atoms with Crippen LogP contribution in [0.15, 0.2) is 35.2 Å². The summed E-state index contributed by atoms with van der Waals surface area (Å²) >= 11 is 2.00. The zero-order valence-corrected chi connectivity index (χ0v) is 12.9. The number of rotatable bonds is 8. The second-order valence-electron chi connectivity index (χ2n) is 5.51. The molecule has 2 rings (SSSR count). The van der Waals surface area contributed by atoms with E-state index in [-0.39, 0.29) is 0 Å². The molecule has 1 aromatic carbocycles. The maximum absolute atomic E-state index is 3.71. The summed E-state index contributed by atoms with van der Waals surface area (Å²) in [4.78, 5) is 1.41. The maximum atomic E-state index is 3.71. The van der Waals surface area contributed by atoms with Gasteiger partial charge in [0.1, 0.15) is 0 Å². The first-order valence-electron chi connectivity index (χ1n) is 7.81. The molecule has 1 nitrogen and oxygen atoms in total. The topological polar surface area (TPSA) is 12.0 Å². The van der Waals surface area contributed by atoms with Crippen molar-refractivity contribution < 1.29 is 0 Å². The number of benzene rings is 1. The Morgan fingerprint density at radius 3 is 2.63 bits per heavy atom. The molecule has 0 heterocycles. The molecule has 1 unspecified atom stereocenters. The zero-order valence-electron chi connectivity index (χ0n) is 12.1. The van der Waals surface area contributed by atoms with Crippen LogP contribution in [0.5, 0.6) is 0 Å². The lowest BCUT2D eigenvalue weighted by Gasteiger charge is -2.24. The third kappa shape index (κ3) is 5.19. The highest BCUT2D eigenvalue weighted by molar-refractivity contribution is 7.99. The average Bonchev–Trinajstić information content (AvgIpc) is 2.97. The Bertz CT molecular complexity index is 332. The van der Waals surface area contributed by atoms with Gasteiger partial charge < -0.3 is 5.32 Å². The Labute approximate surface area is 122 Å². The van der Waals surface area contributed by atoms with E-state index >= 15 is 0 Å². The first kappa shape index (κ1) is 14.9. The van der Waals surface area contributed by atoms with Crippen LogP contribution in [0.3, 0.4) is 0 Å². The minimum Gasteiger partial charge on any atom is -0.314 e. The van der Waals surface area contributed by atoms with Crippen molar-refractivity contribution in [3.63, 3.8) is 0 Å². The molecule has 0 bridgehead atoms. The quantitative estimate of drug-likeness (QED) is 0.545. The van der Waals surface area contributed by atoms with Crippen LogP contribution < -0.4 is 5.32 Å². The predicted molar refractivity (Wildman–Crippen MR) is 85.8 cm³/mol. The molecular weight excluding hydrogens is 250 g/mol. The number of nitrogens with one attached hydrogen (secondary N) is 1. The molecule has 0 amide bonds. The fourth-order valence-corrected chi connectivity index (χ4v) is 4.03. The molecule has 2 heteroatoms. The second kappa shape index (κ2) is 8.65. The van der Waals surface area contributed by atoms with E-state index in [0.717, 1.165) is 18.5 Å². The molecule has 0 aromatic heterocycles. The third-order valence-electron chi connectivity index (χ3n) is 4.11. The highest BCUT2D eigenvalue weighted by Crippen LogP contribution is 2.30. The average molecular weight is 277 g/mol. The van der Waals surface area contributed by atoms with Crippen molar-refractivity contribution >= 4 is 11.8 Å². The van der Waals surface area contributed by atoms with Crippen LogP contribution in [0.1, 0.15) is 45.4 Å². The lowest BCUT2D eigenvalue weighted by Crippen LogP contribution is -2.35. The van der Waals surface area contributed by atoms with Crippen LogP contribution in [0.2, 0.25) is 0 Å². The molecule has 1 aliphatic rings. The summed E-state index contributed by atoms with van der Waals surface area (Å²) < 4.78 is 0. The lowest BCUT2D eigenvalue weighted by molar-refractivity contribution is 0.344. The summed E-state index contributed by atoms with van der Waals surface area (Å²) in [5.74, 6) is 2.19. The van der Waals surface area contributed by atoms with Gasteiger partial charge in [0.25, 0.3) is 0 Å². The molecule has 1 saturated carbocycles.